The van der Waals surface area contributed by atoms with Crippen LogP contribution in [0.15, 0.2) is 52.0 Å². The Bertz CT molecular complexity index is 810. The van der Waals surface area contributed by atoms with Gasteiger partial charge in [-0.1, -0.05) is 28.1 Å². The van der Waals surface area contributed by atoms with Gasteiger partial charge in [-0.15, -0.1) is 0 Å². The van der Waals surface area contributed by atoms with E-state index in [4.69, 9.17) is 5.73 Å². The smallest absolute Gasteiger partial charge is 0.222 e. The van der Waals surface area contributed by atoms with Crippen molar-refractivity contribution in [1.29, 1.82) is 0 Å². The van der Waals surface area contributed by atoms with Gasteiger partial charge in [0.05, 0.1) is 17.2 Å². The first-order valence-corrected chi connectivity index (χ1v) is 6.70. The molecule has 6 heteroatoms. The second-order valence-corrected chi connectivity index (χ2v) is 5.13. The zero-order chi connectivity index (χ0) is 14.1. The summed E-state index contributed by atoms with van der Waals surface area (Å²) in [6.45, 7) is 0. The van der Waals surface area contributed by atoms with Gasteiger partial charge in [0, 0.05) is 10.0 Å². The number of halogens is 1. The van der Waals surface area contributed by atoms with Crippen molar-refractivity contribution in [3.63, 3.8) is 0 Å². The molecule has 0 atom stereocenters. The lowest BCUT2D eigenvalue weighted by Crippen LogP contribution is -1.98. The van der Waals surface area contributed by atoms with E-state index >= 15 is 0 Å². The number of nitrogens with two attached hydrogens (primary N) is 1. The van der Waals surface area contributed by atoms with Gasteiger partial charge in [-0.3, -0.25) is 0 Å². The molecule has 0 aliphatic rings. The molecule has 0 amide bonds. The third-order valence-corrected chi connectivity index (χ3v) is 3.36. The fourth-order valence-corrected chi connectivity index (χ4v) is 2.28. The van der Waals surface area contributed by atoms with Crippen molar-refractivity contribution in [3.8, 4) is 5.75 Å². The fourth-order valence-electron chi connectivity index (χ4n) is 1.90. The Morgan fingerprint density at radius 1 is 1.25 bits per heavy atom. The van der Waals surface area contributed by atoms with E-state index in [9.17, 15) is 5.11 Å². The van der Waals surface area contributed by atoms with Crippen molar-refractivity contribution in [1.82, 2.24) is 9.66 Å². The molecule has 0 aliphatic heterocycles. The van der Waals surface area contributed by atoms with Gasteiger partial charge in [0.25, 0.3) is 0 Å². The van der Waals surface area contributed by atoms with Crippen LogP contribution in [-0.4, -0.2) is 21.0 Å². The van der Waals surface area contributed by atoms with Crippen molar-refractivity contribution in [3.05, 3.63) is 52.5 Å². The summed E-state index contributed by atoms with van der Waals surface area (Å²) in [7, 11) is 0. The van der Waals surface area contributed by atoms with Gasteiger partial charge in [0.15, 0.2) is 0 Å². The lowest BCUT2D eigenvalue weighted by Gasteiger charge is -2.01. The fraction of sp³-hybridized carbons (Fsp3) is 0. The molecular formula is C14H11BrN4O. The highest BCUT2D eigenvalue weighted by atomic mass is 79.9. The van der Waals surface area contributed by atoms with Crippen molar-refractivity contribution < 1.29 is 5.11 Å². The molecule has 1 heterocycles. The Balaban J connectivity index is 2.06. The maximum Gasteiger partial charge on any atom is 0.222 e. The number of benzene rings is 2. The highest BCUT2D eigenvalue weighted by molar-refractivity contribution is 9.10. The van der Waals surface area contributed by atoms with E-state index < -0.39 is 0 Å². The van der Waals surface area contributed by atoms with Crippen LogP contribution in [0, 0.1) is 0 Å². The van der Waals surface area contributed by atoms with E-state index in [1.807, 2.05) is 24.3 Å². The Morgan fingerprint density at radius 2 is 2.05 bits per heavy atom. The number of fused-ring (bicyclic) bond motifs is 1. The summed E-state index contributed by atoms with van der Waals surface area (Å²) in [4.78, 5) is 4.22. The number of aromatic nitrogens is 2. The minimum absolute atomic E-state index is 0.153. The van der Waals surface area contributed by atoms with Crippen LogP contribution in [0.25, 0.3) is 11.0 Å². The zero-order valence-corrected chi connectivity index (χ0v) is 11.9. The Kier molecular flexibility index (Phi) is 3.15. The monoisotopic (exact) mass is 330 g/mol. The van der Waals surface area contributed by atoms with Gasteiger partial charge in [-0.05, 0) is 30.3 Å². The summed E-state index contributed by atoms with van der Waals surface area (Å²) in [5.74, 6) is 0.455. The highest BCUT2D eigenvalue weighted by Crippen LogP contribution is 2.21. The normalized spacial score (nSPS) is 11.4. The topological polar surface area (TPSA) is 76.4 Å². The second kappa shape index (κ2) is 4.97. The lowest BCUT2D eigenvalue weighted by molar-refractivity contribution is 0.474. The number of hydrogen-bond donors (Lipinski definition) is 2. The molecule has 0 saturated heterocycles. The molecule has 3 rings (SSSR count). The van der Waals surface area contributed by atoms with Crippen molar-refractivity contribution in [2.24, 2.45) is 5.10 Å². The summed E-state index contributed by atoms with van der Waals surface area (Å²) in [6, 6.07) is 12.7. The van der Waals surface area contributed by atoms with Crippen molar-refractivity contribution >= 4 is 39.1 Å². The van der Waals surface area contributed by atoms with Crippen molar-refractivity contribution in [2.75, 3.05) is 5.73 Å². The number of imidazole rings is 1. The van der Waals surface area contributed by atoms with Crippen LogP contribution < -0.4 is 5.73 Å². The summed E-state index contributed by atoms with van der Waals surface area (Å²) in [5.41, 5.74) is 8.04. The number of nitrogens with zero attached hydrogens (tertiary/aromatic N) is 3. The van der Waals surface area contributed by atoms with Crippen LogP contribution in [0.5, 0.6) is 5.75 Å². The standard InChI is InChI=1S/C14H11BrN4O/c15-10-5-6-13(20)9(7-10)8-17-19-12-4-2-1-3-11(12)18-14(19)16/h1-8,20H,(H2,16,18)/b17-8+. The molecule has 2 aromatic carbocycles. The molecule has 0 spiro atoms. The van der Waals surface area contributed by atoms with E-state index in [0.29, 0.717) is 11.5 Å². The number of nitrogen functional groups attached to an aromatic ring is 1. The van der Waals surface area contributed by atoms with Gasteiger partial charge in [-0.25, -0.2) is 4.98 Å². The minimum atomic E-state index is 0.153. The Morgan fingerprint density at radius 3 is 2.90 bits per heavy atom. The highest BCUT2D eigenvalue weighted by Gasteiger charge is 2.06. The Hall–Kier alpha value is -2.34. The molecule has 20 heavy (non-hydrogen) atoms. The van der Waals surface area contributed by atoms with Crippen LogP contribution in [0.3, 0.4) is 0 Å². The molecular weight excluding hydrogens is 320 g/mol. The molecule has 0 fully saturated rings. The van der Waals surface area contributed by atoms with E-state index in [1.54, 1.807) is 24.4 Å². The number of phenolic OH excluding ortho intramolecular Hbond substituents is 1. The van der Waals surface area contributed by atoms with Gasteiger partial charge in [-0.2, -0.15) is 9.78 Å². The number of para-hydroxylation sites is 2. The third-order valence-electron chi connectivity index (χ3n) is 2.86. The van der Waals surface area contributed by atoms with Gasteiger partial charge in [0.2, 0.25) is 5.95 Å². The van der Waals surface area contributed by atoms with Crippen molar-refractivity contribution in [2.45, 2.75) is 0 Å². The van der Waals surface area contributed by atoms with Crippen LogP contribution >= 0.6 is 15.9 Å². The Labute approximate surface area is 123 Å². The summed E-state index contributed by atoms with van der Waals surface area (Å²) in [5, 5.41) is 14.1. The average Bonchev–Trinajstić information content (AvgIpc) is 2.75. The number of phenols is 1. The summed E-state index contributed by atoms with van der Waals surface area (Å²) < 4.78 is 2.40. The van der Waals surface area contributed by atoms with Gasteiger partial charge in [0.1, 0.15) is 5.75 Å². The summed E-state index contributed by atoms with van der Waals surface area (Å²) in [6.07, 6.45) is 1.55. The second-order valence-electron chi connectivity index (χ2n) is 4.22. The maximum absolute atomic E-state index is 9.78. The zero-order valence-electron chi connectivity index (χ0n) is 10.4. The molecule has 0 unspecified atom stereocenters. The molecule has 0 aliphatic carbocycles. The van der Waals surface area contributed by atoms with E-state index in [0.717, 1.165) is 15.5 Å². The molecule has 3 aromatic rings. The first-order valence-electron chi connectivity index (χ1n) is 5.91. The van der Waals surface area contributed by atoms with E-state index in [1.165, 1.54) is 4.68 Å². The SMILES string of the molecule is Nc1nc2ccccc2n1/N=C/c1cc(Br)ccc1O. The maximum atomic E-state index is 9.78. The predicted molar refractivity (Wildman–Crippen MR) is 82.9 cm³/mol. The molecule has 100 valence electrons. The number of aromatic hydroxyl groups is 1. The van der Waals surface area contributed by atoms with E-state index in [-0.39, 0.29) is 5.75 Å². The van der Waals surface area contributed by atoms with Crippen LogP contribution in [0.1, 0.15) is 5.56 Å². The quantitative estimate of drug-likeness (QED) is 0.709. The molecule has 5 nitrogen and oxygen atoms in total. The number of anilines is 1. The van der Waals surface area contributed by atoms with Gasteiger partial charge >= 0.3 is 0 Å². The van der Waals surface area contributed by atoms with E-state index in [2.05, 4.69) is 26.0 Å². The lowest BCUT2D eigenvalue weighted by atomic mass is 10.2. The molecule has 0 bridgehead atoms. The van der Waals surface area contributed by atoms with Gasteiger partial charge < -0.3 is 10.8 Å². The summed E-state index contributed by atoms with van der Waals surface area (Å²) >= 11 is 3.35. The number of rotatable bonds is 2. The first-order chi connectivity index (χ1) is 9.65. The van der Waals surface area contributed by atoms with Crippen LogP contribution in [-0.2, 0) is 0 Å². The largest absolute Gasteiger partial charge is 0.507 e. The molecule has 1 aromatic heterocycles. The predicted octanol–water partition coefficient (Wildman–Crippen LogP) is 2.97. The van der Waals surface area contributed by atoms with Crippen LogP contribution in [0.2, 0.25) is 0 Å². The molecule has 0 radical (unpaired) electrons. The number of hydrogen-bond acceptors (Lipinski definition) is 4. The van der Waals surface area contributed by atoms with Crippen LogP contribution in [0.4, 0.5) is 5.95 Å². The molecule has 3 N–H and O–H groups in total. The first kappa shape index (κ1) is 12.7. The molecule has 0 saturated carbocycles. The average molecular weight is 331 g/mol. The third kappa shape index (κ3) is 2.25. The minimum Gasteiger partial charge on any atom is -0.507 e.